The lowest BCUT2D eigenvalue weighted by Gasteiger charge is -2.04. The van der Waals surface area contributed by atoms with Gasteiger partial charge in [-0.15, -0.1) is 0 Å². The van der Waals surface area contributed by atoms with Crippen LogP contribution in [0.25, 0.3) is 15.7 Å². The molecule has 3 heteroatoms. The van der Waals surface area contributed by atoms with Gasteiger partial charge in [-0.05, 0) is 22.6 Å². The summed E-state index contributed by atoms with van der Waals surface area (Å²) in [5, 5.41) is 5.13. The first-order valence-corrected chi connectivity index (χ1v) is 4.97. The Morgan fingerprint density at radius 3 is 2.73 bits per heavy atom. The lowest BCUT2D eigenvalue weighted by atomic mass is 10.0. The molecule has 0 bridgehead atoms. The van der Waals surface area contributed by atoms with Crippen molar-refractivity contribution in [3.05, 3.63) is 35.2 Å². The van der Waals surface area contributed by atoms with E-state index in [1.54, 1.807) is 4.68 Å². The molecular weight excluding hydrogens is 186 g/mol. The van der Waals surface area contributed by atoms with E-state index in [9.17, 15) is 0 Å². The highest BCUT2D eigenvalue weighted by atomic mass is 15.3. The van der Waals surface area contributed by atoms with E-state index in [0.29, 0.717) is 11.7 Å². The van der Waals surface area contributed by atoms with Gasteiger partial charge in [-0.2, -0.15) is 4.68 Å². The van der Waals surface area contributed by atoms with E-state index in [-0.39, 0.29) is 0 Å². The first-order chi connectivity index (χ1) is 7.13. The van der Waals surface area contributed by atoms with Crippen molar-refractivity contribution in [3.63, 3.8) is 0 Å². The molecule has 3 nitrogen and oxygen atoms in total. The van der Waals surface area contributed by atoms with Gasteiger partial charge in [-0.3, -0.25) is 0 Å². The van der Waals surface area contributed by atoms with Crippen molar-refractivity contribution in [1.29, 1.82) is 0 Å². The van der Waals surface area contributed by atoms with Crippen LogP contribution in [-0.2, 0) is 7.05 Å². The summed E-state index contributed by atoms with van der Waals surface area (Å²) in [7, 11) is 1.87. The van der Waals surface area contributed by atoms with Gasteiger partial charge >= 0.3 is 5.82 Å². The third-order valence-electron chi connectivity index (χ3n) is 2.63. The molecule has 0 saturated carbocycles. The van der Waals surface area contributed by atoms with Crippen molar-refractivity contribution in [1.82, 2.24) is 9.78 Å². The van der Waals surface area contributed by atoms with Gasteiger partial charge in [0.15, 0.2) is 0 Å². The average Bonchev–Trinajstić information content (AvgIpc) is 2.55. The quantitative estimate of drug-likeness (QED) is 0.646. The summed E-state index contributed by atoms with van der Waals surface area (Å²) in [5.74, 6) is 0.975. The number of hydrogen-bond acceptors (Lipinski definition) is 1. The summed E-state index contributed by atoms with van der Waals surface area (Å²) in [6.07, 6.45) is 0. The minimum Gasteiger partial charge on any atom is -0.358 e. The molecule has 0 aliphatic rings. The number of rotatable bonds is 1. The second-order valence-corrected chi connectivity index (χ2v) is 3.99. The Labute approximate surface area is 89.1 Å². The number of nitrogens with zero attached hydrogens (tertiary/aromatic N) is 3. The Balaban J connectivity index is 2.75. The number of fused-ring (bicyclic) bond motifs is 1. The predicted octanol–water partition coefficient (Wildman–Crippen LogP) is 3.25. The molecule has 76 valence electrons. The molecule has 0 atom stereocenters. The third kappa shape index (κ3) is 1.48. The van der Waals surface area contributed by atoms with E-state index < -0.39 is 0 Å². The lowest BCUT2D eigenvalue weighted by molar-refractivity contribution is 0.803. The van der Waals surface area contributed by atoms with E-state index in [0.717, 1.165) is 10.9 Å². The molecule has 0 spiro atoms. The van der Waals surface area contributed by atoms with Crippen LogP contribution in [0, 0.1) is 6.57 Å². The van der Waals surface area contributed by atoms with Crippen LogP contribution < -0.4 is 0 Å². The SMILES string of the molecule is [C-]#[N+]c1nn(C)c2ccc(C(C)C)cc12. The first-order valence-electron chi connectivity index (χ1n) is 4.97. The van der Waals surface area contributed by atoms with E-state index in [1.807, 2.05) is 13.1 Å². The van der Waals surface area contributed by atoms with E-state index in [1.165, 1.54) is 5.56 Å². The summed E-state index contributed by atoms with van der Waals surface area (Å²) < 4.78 is 1.76. The molecule has 0 N–H and O–H groups in total. The Bertz CT molecular complexity index is 544. The van der Waals surface area contributed by atoms with Gasteiger partial charge in [0.1, 0.15) is 0 Å². The van der Waals surface area contributed by atoms with Crippen molar-refractivity contribution in [2.24, 2.45) is 7.05 Å². The highest BCUT2D eigenvalue weighted by Gasteiger charge is 2.11. The standard InChI is InChI=1S/C12H13N3/c1-8(2)9-5-6-11-10(7-9)12(13-3)14-15(11)4/h5-8H,1-2,4H3. The highest BCUT2D eigenvalue weighted by Crippen LogP contribution is 2.28. The molecule has 2 rings (SSSR count). The monoisotopic (exact) mass is 199 g/mol. The second kappa shape index (κ2) is 3.39. The van der Waals surface area contributed by atoms with Gasteiger partial charge in [-0.1, -0.05) is 32.6 Å². The predicted molar refractivity (Wildman–Crippen MR) is 61.1 cm³/mol. The van der Waals surface area contributed by atoms with E-state index >= 15 is 0 Å². The molecule has 0 aliphatic carbocycles. The normalized spacial score (nSPS) is 10.9. The smallest absolute Gasteiger partial charge is 0.303 e. The molecular formula is C12H13N3. The van der Waals surface area contributed by atoms with Crippen LogP contribution in [0.2, 0.25) is 0 Å². The summed E-state index contributed by atoms with van der Waals surface area (Å²) in [5.41, 5.74) is 2.27. The molecule has 15 heavy (non-hydrogen) atoms. The van der Waals surface area contributed by atoms with Gasteiger partial charge < -0.3 is 4.85 Å². The fourth-order valence-corrected chi connectivity index (χ4v) is 1.71. The molecule has 0 radical (unpaired) electrons. The zero-order valence-electron chi connectivity index (χ0n) is 9.15. The molecule has 0 fully saturated rings. The van der Waals surface area contributed by atoms with Crippen molar-refractivity contribution in [3.8, 4) is 0 Å². The number of aryl methyl sites for hydroxylation is 1. The van der Waals surface area contributed by atoms with E-state index in [2.05, 4.69) is 35.9 Å². The third-order valence-corrected chi connectivity index (χ3v) is 2.63. The molecule has 2 aromatic rings. The topological polar surface area (TPSA) is 22.2 Å². The molecule has 0 amide bonds. The van der Waals surface area contributed by atoms with Crippen LogP contribution in [0.15, 0.2) is 18.2 Å². The highest BCUT2D eigenvalue weighted by molar-refractivity contribution is 5.91. The van der Waals surface area contributed by atoms with Crippen LogP contribution in [0.4, 0.5) is 5.82 Å². The molecule has 0 saturated heterocycles. The second-order valence-electron chi connectivity index (χ2n) is 3.99. The fourth-order valence-electron chi connectivity index (χ4n) is 1.71. The largest absolute Gasteiger partial charge is 0.358 e. The van der Waals surface area contributed by atoms with Gasteiger partial charge in [0, 0.05) is 5.39 Å². The Kier molecular flexibility index (Phi) is 2.20. The molecule has 0 aliphatic heterocycles. The Hall–Kier alpha value is -1.82. The number of hydrogen-bond donors (Lipinski definition) is 0. The van der Waals surface area contributed by atoms with E-state index in [4.69, 9.17) is 6.57 Å². The summed E-state index contributed by atoms with van der Waals surface area (Å²) in [4.78, 5) is 3.44. The van der Waals surface area contributed by atoms with Crippen LogP contribution >= 0.6 is 0 Å². The van der Waals surface area contributed by atoms with Crippen LogP contribution in [0.1, 0.15) is 25.3 Å². The summed E-state index contributed by atoms with van der Waals surface area (Å²) >= 11 is 0. The Morgan fingerprint density at radius 1 is 1.40 bits per heavy atom. The zero-order chi connectivity index (χ0) is 11.0. The summed E-state index contributed by atoms with van der Waals surface area (Å²) in [6.45, 7) is 11.4. The zero-order valence-corrected chi connectivity index (χ0v) is 9.15. The fraction of sp³-hybridized carbons (Fsp3) is 0.333. The lowest BCUT2D eigenvalue weighted by Crippen LogP contribution is -1.90. The molecule has 1 heterocycles. The maximum absolute atomic E-state index is 7.07. The van der Waals surface area contributed by atoms with Gasteiger partial charge in [-0.25, -0.2) is 0 Å². The summed E-state index contributed by atoms with van der Waals surface area (Å²) in [6, 6.07) is 6.20. The van der Waals surface area contributed by atoms with Crippen molar-refractivity contribution in [2.75, 3.05) is 0 Å². The minimum absolute atomic E-state index is 0.480. The van der Waals surface area contributed by atoms with Crippen molar-refractivity contribution < 1.29 is 0 Å². The van der Waals surface area contributed by atoms with Gasteiger partial charge in [0.2, 0.25) is 0 Å². The van der Waals surface area contributed by atoms with Crippen molar-refractivity contribution in [2.45, 2.75) is 19.8 Å². The molecule has 0 unspecified atom stereocenters. The van der Waals surface area contributed by atoms with Crippen LogP contribution in [0.5, 0.6) is 0 Å². The van der Waals surface area contributed by atoms with Gasteiger partial charge in [0.25, 0.3) is 0 Å². The minimum atomic E-state index is 0.480. The molecule has 1 aromatic carbocycles. The maximum atomic E-state index is 7.07. The first kappa shape index (κ1) is 9.72. The Morgan fingerprint density at radius 2 is 2.13 bits per heavy atom. The van der Waals surface area contributed by atoms with Gasteiger partial charge in [0.05, 0.1) is 12.6 Å². The maximum Gasteiger partial charge on any atom is 0.303 e. The van der Waals surface area contributed by atoms with Crippen LogP contribution in [-0.4, -0.2) is 9.78 Å². The number of aromatic nitrogens is 2. The van der Waals surface area contributed by atoms with Crippen LogP contribution in [0.3, 0.4) is 0 Å². The average molecular weight is 199 g/mol. The van der Waals surface area contributed by atoms with Crippen molar-refractivity contribution >= 4 is 16.7 Å². The molecule has 1 aromatic heterocycles. The number of benzene rings is 1.